The molecule has 0 bridgehead atoms. The lowest BCUT2D eigenvalue weighted by Gasteiger charge is -2.19. The van der Waals surface area contributed by atoms with E-state index in [1.165, 1.54) is 66.8 Å². The van der Waals surface area contributed by atoms with Crippen LogP contribution < -0.4 is 0 Å². The third kappa shape index (κ3) is 8.17. The van der Waals surface area contributed by atoms with Gasteiger partial charge in [0, 0.05) is 33.6 Å². The predicted molar refractivity (Wildman–Crippen MR) is 291 cm³/mol. The van der Waals surface area contributed by atoms with Crippen LogP contribution in [0.25, 0.3) is 90.3 Å². The van der Waals surface area contributed by atoms with Gasteiger partial charge in [0.2, 0.25) is 0 Å². The van der Waals surface area contributed by atoms with Crippen molar-refractivity contribution < 1.29 is 0 Å². The Morgan fingerprint density at radius 1 is 0.229 bits per heavy atom. The molecule has 0 saturated carbocycles. The van der Waals surface area contributed by atoms with Gasteiger partial charge in [-0.2, -0.15) is 0 Å². The molecule has 0 N–H and O–H groups in total. The van der Waals surface area contributed by atoms with Crippen LogP contribution in [0.1, 0.15) is 66.8 Å². The SMILES string of the molecule is Cc1ccc(C)c(-c2cc(C)c(-c3nnc(-c4cc(C)c(-c5cc(C)c(-c6nnc(-c7cc(C)c(-c8cc(C)ccc8C)cc7C)n6-c6ccccc6)cc5C)cc4C)n3-c3ccccc3)cc2C)c1. The monoisotopic (exact) mass is 912 g/mol. The minimum Gasteiger partial charge on any atom is -0.275 e. The molecule has 0 unspecified atom stereocenters. The highest BCUT2D eigenvalue weighted by molar-refractivity contribution is 5.83. The van der Waals surface area contributed by atoms with Gasteiger partial charge in [0.05, 0.1) is 0 Å². The molecule has 2 heterocycles. The van der Waals surface area contributed by atoms with Gasteiger partial charge >= 0.3 is 0 Å². The largest absolute Gasteiger partial charge is 0.275 e. The Morgan fingerprint density at radius 2 is 0.457 bits per heavy atom. The van der Waals surface area contributed by atoms with Gasteiger partial charge < -0.3 is 0 Å². The summed E-state index contributed by atoms with van der Waals surface area (Å²) in [5.41, 5.74) is 28.0. The van der Waals surface area contributed by atoms with Crippen molar-refractivity contribution in [2.24, 2.45) is 0 Å². The number of para-hydroxylation sites is 2. The van der Waals surface area contributed by atoms with Gasteiger partial charge in [-0.1, -0.05) is 108 Å². The zero-order chi connectivity index (χ0) is 49.1. The molecule has 0 atom stereocenters. The summed E-state index contributed by atoms with van der Waals surface area (Å²) in [7, 11) is 0. The van der Waals surface area contributed by atoms with E-state index in [1.807, 2.05) is 0 Å². The van der Waals surface area contributed by atoms with Crippen molar-refractivity contribution in [2.45, 2.75) is 83.1 Å². The first-order valence-electron chi connectivity index (χ1n) is 24.3. The van der Waals surface area contributed by atoms with Gasteiger partial charge in [-0.3, -0.25) is 9.13 Å². The summed E-state index contributed by atoms with van der Waals surface area (Å²) in [6, 6.07) is 52.8. The minimum absolute atomic E-state index is 0.814. The smallest absolute Gasteiger partial charge is 0.169 e. The predicted octanol–water partition coefficient (Wildman–Crippen LogP) is 16.2. The molecular formula is C64H60N6. The molecule has 10 aromatic rings. The van der Waals surface area contributed by atoms with E-state index in [2.05, 4.69) is 238 Å². The standard InChI is InChI=1S/C64H60N6/c1-37-23-25-39(3)51(27-37)53-29-45(9)57(33-41(53)5)61-65-67-63(69(61)49-19-15-13-16-20-49)59-35-43(7)55(31-47(59)11)56-32-48(12)60(36-44(56)8)64-68-66-62(70(64)50-21-17-14-18-22-50)58-34-42(6)54(30-46(58)10)52-28-38(2)24-26-40(52)4/h13-36H,1-12H3. The first-order chi connectivity index (χ1) is 33.7. The Morgan fingerprint density at radius 3 is 0.729 bits per heavy atom. The van der Waals surface area contributed by atoms with E-state index in [-0.39, 0.29) is 0 Å². The van der Waals surface area contributed by atoms with Crippen LogP contribution >= 0.6 is 0 Å². The zero-order valence-electron chi connectivity index (χ0n) is 42.5. The maximum atomic E-state index is 4.99. The van der Waals surface area contributed by atoms with Crippen LogP contribution in [0, 0.1) is 83.1 Å². The molecule has 10 rings (SSSR count). The number of benzene rings is 8. The van der Waals surface area contributed by atoms with Gasteiger partial charge in [-0.05, 0) is 221 Å². The van der Waals surface area contributed by atoms with Crippen molar-refractivity contribution in [1.82, 2.24) is 29.5 Å². The normalized spacial score (nSPS) is 11.4. The molecule has 0 aliphatic heterocycles. The highest BCUT2D eigenvalue weighted by atomic mass is 15.3. The van der Waals surface area contributed by atoms with Crippen LogP contribution in [-0.2, 0) is 0 Å². The molecule has 346 valence electrons. The van der Waals surface area contributed by atoms with E-state index in [4.69, 9.17) is 20.4 Å². The van der Waals surface area contributed by atoms with Crippen LogP contribution in [0.2, 0.25) is 0 Å². The van der Waals surface area contributed by atoms with Crippen LogP contribution in [0.4, 0.5) is 0 Å². The molecule has 6 heteroatoms. The van der Waals surface area contributed by atoms with E-state index in [9.17, 15) is 0 Å². The molecule has 0 radical (unpaired) electrons. The number of aromatic nitrogens is 6. The Labute approximate surface area is 413 Å². The van der Waals surface area contributed by atoms with Crippen LogP contribution in [-0.4, -0.2) is 29.5 Å². The average molecular weight is 913 g/mol. The third-order valence-corrected chi connectivity index (χ3v) is 14.3. The van der Waals surface area contributed by atoms with Crippen molar-refractivity contribution in [3.05, 3.63) is 212 Å². The molecule has 2 aromatic heterocycles. The number of aryl methyl sites for hydroxylation is 12. The maximum Gasteiger partial charge on any atom is 0.169 e. The van der Waals surface area contributed by atoms with E-state index in [0.717, 1.165) is 90.3 Å². The fourth-order valence-electron chi connectivity index (χ4n) is 10.4. The van der Waals surface area contributed by atoms with E-state index < -0.39 is 0 Å². The first-order valence-corrected chi connectivity index (χ1v) is 24.3. The van der Waals surface area contributed by atoms with Gasteiger partial charge in [0.15, 0.2) is 23.3 Å². The number of hydrogen-bond acceptors (Lipinski definition) is 4. The summed E-state index contributed by atoms with van der Waals surface area (Å²) in [5, 5.41) is 19.9. The summed E-state index contributed by atoms with van der Waals surface area (Å²) >= 11 is 0. The molecule has 0 aliphatic rings. The van der Waals surface area contributed by atoms with Crippen LogP contribution in [0.15, 0.2) is 146 Å². The van der Waals surface area contributed by atoms with Crippen molar-refractivity contribution in [3.63, 3.8) is 0 Å². The molecule has 8 aromatic carbocycles. The molecule has 0 aliphatic carbocycles. The number of rotatable bonds is 9. The summed E-state index contributed by atoms with van der Waals surface area (Å²) < 4.78 is 4.45. The van der Waals surface area contributed by atoms with E-state index in [1.54, 1.807) is 0 Å². The highest BCUT2D eigenvalue weighted by Gasteiger charge is 2.25. The first kappa shape index (κ1) is 45.8. The molecule has 0 fully saturated rings. The van der Waals surface area contributed by atoms with Gasteiger partial charge in [0.25, 0.3) is 0 Å². The van der Waals surface area contributed by atoms with Gasteiger partial charge in [-0.15, -0.1) is 20.4 Å². The summed E-state index contributed by atoms with van der Waals surface area (Å²) in [6.45, 7) is 26.3. The van der Waals surface area contributed by atoms with Gasteiger partial charge in [-0.25, -0.2) is 0 Å². The maximum absolute atomic E-state index is 4.99. The molecule has 70 heavy (non-hydrogen) atoms. The summed E-state index contributed by atoms with van der Waals surface area (Å²) in [6.07, 6.45) is 0. The quantitative estimate of drug-likeness (QED) is 0.145. The Bertz CT molecular complexity index is 3420. The Hall–Kier alpha value is -7.96. The lowest BCUT2D eigenvalue weighted by atomic mass is 9.89. The topological polar surface area (TPSA) is 61.4 Å². The fraction of sp³-hybridized carbons (Fsp3) is 0.188. The number of nitrogens with zero attached hydrogens (tertiary/aromatic N) is 6. The summed E-state index contributed by atoms with van der Waals surface area (Å²) in [4.78, 5) is 0. The molecule has 0 amide bonds. The van der Waals surface area contributed by atoms with Crippen molar-refractivity contribution in [1.29, 1.82) is 0 Å². The Balaban J connectivity index is 1.04. The van der Waals surface area contributed by atoms with E-state index >= 15 is 0 Å². The lowest BCUT2D eigenvalue weighted by Crippen LogP contribution is -2.04. The molecule has 0 saturated heterocycles. The average Bonchev–Trinajstić information content (AvgIpc) is 3.99. The fourth-order valence-corrected chi connectivity index (χ4v) is 10.4. The van der Waals surface area contributed by atoms with Crippen LogP contribution in [0.3, 0.4) is 0 Å². The lowest BCUT2D eigenvalue weighted by molar-refractivity contribution is 1.06. The van der Waals surface area contributed by atoms with Crippen LogP contribution in [0.5, 0.6) is 0 Å². The zero-order valence-corrected chi connectivity index (χ0v) is 42.5. The second-order valence-electron chi connectivity index (χ2n) is 19.6. The third-order valence-electron chi connectivity index (χ3n) is 14.3. The highest BCUT2D eigenvalue weighted by Crippen LogP contribution is 2.41. The van der Waals surface area contributed by atoms with Crippen molar-refractivity contribution >= 4 is 0 Å². The molecule has 0 spiro atoms. The Kier molecular flexibility index (Phi) is 11.9. The molecular weight excluding hydrogens is 853 g/mol. The van der Waals surface area contributed by atoms with Crippen molar-refractivity contribution in [3.8, 4) is 90.3 Å². The van der Waals surface area contributed by atoms with E-state index in [0.29, 0.717) is 0 Å². The van der Waals surface area contributed by atoms with Crippen molar-refractivity contribution in [2.75, 3.05) is 0 Å². The minimum atomic E-state index is 0.814. The summed E-state index contributed by atoms with van der Waals surface area (Å²) in [5.74, 6) is 3.27. The van der Waals surface area contributed by atoms with Gasteiger partial charge in [0.1, 0.15) is 0 Å². The molecule has 6 nitrogen and oxygen atoms in total. The second-order valence-corrected chi connectivity index (χ2v) is 19.6. The number of hydrogen-bond donors (Lipinski definition) is 0. The second kappa shape index (κ2) is 18.2.